The maximum atomic E-state index is 13.3. The number of fused-ring (bicyclic) bond motifs is 1. The predicted molar refractivity (Wildman–Crippen MR) is 79.4 cm³/mol. The van der Waals surface area contributed by atoms with Crippen LogP contribution in [0.25, 0.3) is 0 Å². The lowest BCUT2D eigenvalue weighted by Gasteiger charge is -2.18. The van der Waals surface area contributed by atoms with E-state index in [-0.39, 0.29) is 0 Å². The van der Waals surface area contributed by atoms with Gasteiger partial charge < -0.3 is 20.7 Å². The van der Waals surface area contributed by atoms with Crippen molar-refractivity contribution in [2.75, 3.05) is 19.7 Å². The molecule has 6 nitrogen and oxygen atoms in total. The smallest absolute Gasteiger partial charge is 0.315 e. The highest BCUT2D eigenvalue weighted by atomic mass is 19.3. The molecule has 24 heavy (non-hydrogen) atoms. The summed E-state index contributed by atoms with van der Waals surface area (Å²) in [4.78, 5) is 23.2. The molecular formula is C15H18F3N3O3. The number of benzene rings is 1. The number of hydrogen-bond donors (Lipinski definition) is 3. The molecule has 0 bridgehead atoms. The molecule has 0 radical (unpaired) electrons. The Bertz CT molecular complexity index is 599. The normalized spacial score (nSPS) is 16.6. The van der Waals surface area contributed by atoms with Gasteiger partial charge in [-0.2, -0.15) is 0 Å². The Balaban J connectivity index is 1.89. The summed E-state index contributed by atoms with van der Waals surface area (Å²) < 4.78 is 42.6. The minimum Gasteiger partial charge on any atom is -0.493 e. The average Bonchev–Trinajstić information content (AvgIpc) is 2.72. The number of alkyl halides is 2. The fourth-order valence-electron chi connectivity index (χ4n) is 2.32. The third-order valence-corrected chi connectivity index (χ3v) is 3.41. The van der Waals surface area contributed by atoms with Crippen LogP contribution in [0.4, 0.5) is 18.0 Å². The second-order valence-electron chi connectivity index (χ2n) is 5.25. The number of nitrogens with one attached hydrogen (secondary N) is 3. The van der Waals surface area contributed by atoms with Gasteiger partial charge in [-0.05, 0) is 18.9 Å². The Morgan fingerprint density at radius 1 is 1.29 bits per heavy atom. The molecule has 0 spiro atoms. The molecule has 2 rings (SSSR count). The number of ether oxygens (including phenoxy) is 1. The molecule has 0 fully saturated rings. The largest absolute Gasteiger partial charge is 0.493 e. The van der Waals surface area contributed by atoms with Gasteiger partial charge in [0.25, 0.3) is 6.43 Å². The Morgan fingerprint density at radius 2 is 2.08 bits per heavy atom. The van der Waals surface area contributed by atoms with E-state index >= 15 is 0 Å². The van der Waals surface area contributed by atoms with Crippen LogP contribution in [0.2, 0.25) is 0 Å². The number of urea groups is 1. The predicted octanol–water partition coefficient (Wildman–Crippen LogP) is 1.72. The topological polar surface area (TPSA) is 79.5 Å². The number of amides is 3. The van der Waals surface area contributed by atoms with Crippen LogP contribution in [0.5, 0.6) is 5.75 Å². The van der Waals surface area contributed by atoms with Gasteiger partial charge in [0, 0.05) is 11.6 Å². The SMILES string of the molecule is O=C(CNC(=O)N[C@@H]1CCCOc2cc(F)ccc21)NCC(F)F. The lowest BCUT2D eigenvalue weighted by atomic mass is 10.0. The van der Waals surface area contributed by atoms with Gasteiger partial charge in [0.15, 0.2) is 0 Å². The molecule has 0 aromatic heterocycles. The second kappa shape index (κ2) is 8.42. The van der Waals surface area contributed by atoms with Gasteiger partial charge in [0.1, 0.15) is 11.6 Å². The third-order valence-electron chi connectivity index (χ3n) is 3.41. The number of carbonyl (C=O) groups is 2. The zero-order valence-electron chi connectivity index (χ0n) is 12.8. The fourth-order valence-corrected chi connectivity index (χ4v) is 2.32. The van der Waals surface area contributed by atoms with Gasteiger partial charge >= 0.3 is 6.03 Å². The van der Waals surface area contributed by atoms with Crippen molar-refractivity contribution in [3.05, 3.63) is 29.6 Å². The van der Waals surface area contributed by atoms with Gasteiger partial charge in [-0.15, -0.1) is 0 Å². The monoisotopic (exact) mass is 345 g/mol. The molecule has 132 valence electrons. The first-order valence-corrected chi connectivity index (χ1v) is 7.47. The van der Waals surface area contributed by atoms with Crippen LogP contribution in [0.15, 0.2) is 18.2 Å². The third kappa shape index (κ3) is 5.32. The van der Waals surface area contributed by atoms with Crippen LogP contribution in [0.1, 0.15) is 24.4 Å². The first-order valence-electron chi connectivity index (χ1n) is 7.47. The van der Waals surface area contributed by atoms with Crippen LogP contribution in [0.3, 0.4) is 0 Å². The van der Waals surface area contributed by atoms with Crippen LogP contribution in [-0.2, 0) is 4.79 Å². The van der Waals surface area contributed by atoms with Crippen molar-refractivity contribution < 1.29 is 27.5 Å². The van der Waals surface area contributed by atoms with Gasteiger partial charge in [-0.3, -0.25) is 4.79 Å². The molecule has 1 aliphatic rings. The van der Waals surface area contributed by atoms with Gasteiger partial charge in [-0.25, -0.2) is 18.0 Å². The molecule has 1 heterocycles. The molecular weight excluding hydrogens is 327 g/mol. The lowest BCUT2D eigenvalue weighted by Crippen LogP contribution is -2.44. The van der Waals surface area contributed by atoms with E-state index in [9.17, 15) is 22.8 Å². The number of halogens is 3. The van der Waals surface area contributed by atoms with Crippen LogP contribution in [0, 0.1) is 5.82 Å². The Morgan fingerprint density at radius 3 is 2.83 bits per heavy atom. The van der Waals surface area contributed by atoms with E-state index < -0.39 is 43.3 Å². The summed E-state index contributed by atoms with van der Waals surface area (Å²) in [5, 5.41) is 6.95. The molecule has 0 saturated heterocycles. The van der Waals surface area contributed by atoms with E-state index in [0.29, 0.717) is 30.8 Å². The molecule has 1 aromatic carbocycles. The van der Waals surface area contributed by atoms with Gasteiger partial charge in [-0.1, -0.05) is 6.07 Å². The minimum absolute atomic E-state index is 0.368. The van der Waals surface area contributed by atoms with Gasteiger partial charge in [0.05, 0.1) is 25.7 Å². The van der Waals surface area contributed by atoms with E-state index in [0.717, 1.165) is 0 Å². The highest BCUT2D eigenvalue weighted by Crippen LogP contribution is 2.31. The van der Waals surface area contributed by atoms with Crippen molar-refractivity contribution in [1.82, 2.24) is 16.0 Å². The Kier molecular flexibility index (Phi) is 6.28. The second-order valence-corrected chi connectivity index (χ2v) is 5.25. The highest BCUT2D eigenvalue weighted by Gasteiger charge is 2.22. The highest BCUT2D eigenvalue weighted by molar-refractivity contribution is 5.84. The fraction of sp³-hybridized carbons (Fsp3) is 0.467. The van der Waals surface area contributed by atoms with E-state index in [1.165, 1.54) is 18.2 Å². The summed E-state index contributed by atoms with van der Waals surface area (Å²) in [5.41, 5.74) is 0.645. The van der Waals surface area contributed by atoms with E-state index in [2.05, 4.69) is 10.6 Å². The first-order chi connectivity index (χ1) is 11.5. The number of carbonyl (C=O) groups excluding carboxylic acids is 2. The van der Waals surface area contributed by atoms with Crippen molar-refractivity contribution in [1.29, 1.82) is 0 Å². The van der Waals surface area contributed by atoms with E-state index in [1.54, 1.807) is 0 Å². The Labute approximate surface area is 136 Å². The van der Waals surface area contributed by atoms with Crippen LogP contribution < -0.4 is 20.7 Å². The van der Waals surface area contributed by atoms with Crippen molar-refractivity contribution in [3.63, 3.8) is 0 Å². The maximum Gasteiger partial charge on any atom is 0.315 e. The van der Waals surface area contributed by atoms with Crippen molar-refractivity contribution in [3.8, 4) is 5.75 Å². The zero-order valence-corrected chi connectivity index (χ0v) is 12.8. The maximum absolute atomic E-state index is 13.3. The van der Waals surface area contributed by atoms with Crippen molar-refractivity contribution in [2.24, 2.45) is 0 Å². The number of hydrogen-bond acceptors (Lipinski definition) is 3. The van der Waals surface area contributed by atoms with Crippen molar-refractivity contribution >= 4 is 11.9 Å². The molecule has 1 aromatic rings. The summed E-state index contributed by atoms with van der Waals surface area (Å²) in [6.45, 7) is -0.772. The van der Waals surface area contributed by atoms with E-state index in [4.69, 9.17) is 4.74 Å². The molecule has 1 aliphatic heterocycles. The molecule has 3 amide bonds. The molecule has 3 N–H and O–H groups in total. The summed E-state index contributed by atoms with van der Waals surface area (Å²) >= 11 is 0. The summed E-state index contributed by atoms with van der Waals surface area (Å²) in [7, 11) is 0. The quantitative estimate of drug-likeness (QED) is 0.760. The number of rotatable bonds is 5. The Hall–Kier alpha value is -2.45. The molecule has 0 aliphatic carbocycles. The van der Waals surface area contributed by atoms with E-state index in [1.807, 2.05) is 5.32 Å². The zero-order chi connectivity index (χ0) is 17.5. The molecule has 0 unspecified atom stereocenters. The average molecular weight is 345 g/mol. The van der Waals surface area contributed by atoms with Gasteiger partial charge in [0.2, 0.25) is 5.91 Å². The molecule has 1 atom stereocenters. The lowest BCUT2D eigenvalue weighted by molar-refractivity contribution is -0.120. The summed E-state index contributed by atoms with van der Waals surface area (Å²) in [5.74, 6) is -0.779. The van der Waals surface area contributed by atoms with Crippen LogP contribution in [-0.4, -0.2) is 38.1 Å². The molecule has 0 saturated carbocycles. The summed E-state index contributed by atoms with van der Waals surface area (Å²) in [6, 6.07) is 3.05. The minimum atomic E-state index is -2.65. The van der Waals surface area contributed by atoms with Crippen LogP contribution >= 0.6 is 0 Å². The van der Waals surface area contributed by atoms with Crippen molar-refractivity contribution in [2.45, 2.75) is 25.3 Å². The summed E-state index contributed by atoms with van der Waals surface area (Å²) in [6.07, 6.45) is -1.40. The molecule has 9 heteroatoms. The first kappa shape index (κ1) is 17.9. The standard InChI is InChI=1S/C15H18F3N3O3/c16-9-3-4-10-11(2-1-5-24-12(10)6-9)21-15(23)20-8-14(22)19-7-13(17)18/h3-4,6,11,13H,1-2,5,7-8H2,(H,19,22)(H2,20,21,23)/t11-/m1/s1.